The maximum Gasteiger partial charge on any atom is 0.416 e. The van der Waals surface area contributed by atoms with Crippen LogP contribution in [0.5, 0.6) is 0 Å². The summed E-state index contributed by atoms with van der Waals surface area (Å²) < 4.78 is 37.1. The van der Waals surface area contributed by atoms with E-state index in [0.29, 0.717) is 0 Å². The van der Waals surface area contributed by atoms with Crippen LogP contribution in [-0.2, 0) is 15.8 Å². The quantitative estimate of drug-likeness (QED) is 0.686. The number of benzene rings is 1. The third-order valence-electron chi connectivity index (χ3n) is 2.49. The fourth-order valence-electron chi connectivity index (χ4n) is 1.47. The monoisotopic (exact) mass is 296 g/mol. The van der Waals surface area contributed by atoms with E-state index < -0.39 is 29.3 Å². The predicted octanol–water partition coefficient (Wildman–Crippen LogP) is 2.93. The Kier molecular flexibility index (Phi) is 5.24. The topological polar surface area (TPSA) is 70.0 Å². The first-order valence-corrected chi connectivity index (χ1v) is 5.84. The normalized spacial score (nSPS) is 12.7. The minimum absolute atomic E-state index is 0.0709. The number of ketones is 1. The number of nitrogens with zero attached hydrogens (tertiary/aromatic N) is 1. The van der Waals surface area contributed by atoms with Gasteiger partial charge in [-0.05, 0) is 37.3 Å². The lowest BCUT2D eigenvalue weighted by molar-refractivity contribution is -0.137. The summed E-state index contributed by atoms with van der Waals surface area (Å²) in [4.78, 5) is 23.2. The first-order chi connectivity index (χ1) is 9.79. The Bertz CT molecular complexity index is 598. The molecule has 7 heteroatoms. The number of alkyl halides is 3. The molecule has 110 valence electrons. The highest BCUT2D eigenvalue weighted by molar-refractivity contribution is 6.13. The lowest BCUT2D eigenvalue weighted by Gasteiger charge is -2.10. The smallest absolute Gasteiger partial charge is 0.325 e. The van der Waals surface area contributed by atoms with Gasteiger partial charge in [-0.15, -0.1) is 0 Å². The molecule has 0 aliphatic rings. The summed E-state index contributed by atoms with van der Waals surface area (Å²) in [6.07, 6.45) is -2.00. The zero-order valence-electron chi connectivity index (χ0n) is 10.9. The van der Waals surface area contributed by atoms with Crippen molar-refractivity contribution in [3.8, 4) is 6.07 Å². The molecule has 1 atom stereocenters. The average Bonchev–Trinajstić information content (AvgIpc) is 2.39. The van der Waals surface area contributed by atoms with Gasteiger partial charge in [-0.1, -0.05) is 6.08 Å². The highest BCUT2D eigenvalue weighted by Gasteiger charge is 2.30. The predicted molar refractivity (Wildman–Crippen MR) is 69.0 cm³/mol. The van der Waals surface area contributed by atoms with E-state index in [1.54, 1.807) is 13.0 Å². The minimum Gasteiger partial charge on any atom is -0.325 e. The summed E-state index contributed by atoms with van der Waals surface area (Å²) in [5.74, 6) is -3.12. The van der Waals surface area contributed by atoms with Gasteiger partial charge in [0.25, 0.3) is 0 Å². The number of hydrogen-bond acceptors (Lipinski definition) is 3. The largest absolute Gasteiger partial charge is 0.416 e. The molecule has 1 N–H and O–H groups in total. The molecule has 1 unspecified atom stereocenters. The molecule has 0 saturated carbocycles. The van der Waals surface area contributed by atoms with Gasteiger partial charge < -0.3 is 5.32 Å². The van der Waals surface area contributed by atoms with Crippen molar-refractivity contribution in [1.29, 1.82) is 5.26 Å². The lowest BCUT2D eigenvalue weighted by atomic mass is 10.0. The average molecular weight is 296 g/mol. The molecule has 0 aliphatic carbocycles. The summed E-state index contributed by atoms with van der Waals surface area (Å²) in [5.41, 5.74) is -0.788. The van der Waals surface area contributed by atoms with Crippen molar-refractivity contribution in [3.63, 3.8) is 0 Å². The molecule has 0 aliphatic heterocycles. The third kappa shape index (κ3) is 4.45. The van der Waals surface area contributed by atoms with Crippen LogP contribution in [0.25, 0.3) is 0 Å². The molecular formula is C14H11F3N2O2. The molecule has 1 aromatic carbocycles. The second-order valence-electron chi connectivity index (χ2n) is 4.03. The number of anilines is 1. The molecule has 4 nitrogen and oxygen atoms in total. The van der Waals surface area contributed by atoms with Gasteiger partial charge in [-0.3, -0.25) is 9.59 Å². The molecule has 0 spiro atoms. The van der Waals surface area contributed by atoms with Crippen LogP contribution >= 0.6 is 0 Å². The fraction of sp³-hybridized carbons (Fsp3) is 0.214. The van der Waals surface area contributed by atoms with Crippen LogP contribution in [0.3, 0.4) is 0 Å². The number of amides is 1. The molecule has 0 radical (unpaired) electrons. The van der Waals surface area contributed by atoms with Crippen LogP contribution in [0.4, 0.5) is 18.9 Å². The summed E-state index contributed by atoms with van der Waals surface area (Å²) in [6, 6.07) is 5.24. The summed E-state index contributed by atoms with van der Waals surface area (Å²) in [6.45, 7) is 1.56. The number of rotatable bonds is 4. The molecule has 0 aromatic heterocycles. The SMILES string of the molecule is C/C=C/C(=O)C(C#N)C(=O)Nc1ccc(C(F)(F)F)cc1. The van der Waals surface area contributed by atoms with Crippen molar-refractivity contribution in [3.05, 3.63) is 42.0 Å². The van der Waals surface area contributed by atoms with Gasteiger partial charge >= 0.3 is 6.18 Å². The van der Waals surface area contributed by atoms with Gasteiger partial charge in [-0.2, -0.15) is 18.4 Å². The Balaban J connectivity index is 2.84. The lowest BCUT2D eigenvalue weighted by Crippen LogP contribution is -2.27. The van der Waals surface area contributed by atoms with Gasteiger partial charge in [0.2, 0.25) is 5.91 Å². The van der Waals surface area contributed by atoms with Crippen molar-refractivity contribution in [2.24, 2.45) is 5.92 Å². The van der Waals surface area contributed by atoms with Gasteiger partial charge in [0.15, 0.2) is 11.7 Å². The number of halogens is 3. The molecule has 21 heavy (non-hydrogen) atoms. The Morgan fingerprint density at radius 1 is 1.29 bits per heavy atom. The van der Waals surface area contributed by atoms with E-state index in [9.17, 15) is 22.8 Å². The molecule has 0 saturated heterocycles. The fourth-order valence-corrected chi connectivity index (χ4v) is 1.47. The van der Waals surface area contributed by atoms with Crippen molar-refractivity contribution in [1.82, 2.24) is 0 Å². The van der Waals surface area contributed by atoms with Crippen LogP contribution < -0.4 is 5.32 Å². The van der Waals surface area contributed by atoms with Crippen molar-refractivity contribution in [2.75, 3.05) is 5.32 Å². The number of allylic oxidation sites excluding steroid dienone is 2. The van der Waals surface area contributed by atoms with Crippen LogP contribution in [0.1, 0.15) is 12.5 Å². The van der Waals surface area contributed by atoms with Crippen molar-refractivity contribution < 1.29 is 22.8 Å². The maximum absolute atomic E-state index is 12.4. The van der Waals surface area contributed by atoms with E-state index in [1.165, 1.54) is 6.08 Å². The summed E-state index contributed by atoms with van der Waals surface area (Å²) in [7, 11) is 0. The van der Waals surface area contributed by atoms with Gasteiger partial charge in [0.05, 0.1) is 11.6 Å². The second-order valence-corrected chi connectivity index (χ2v) is 4.03. The van der Waals surface area contributed by atoms with Gasteiger partial charge in [-0.25, -0.2) is 0 Å². The molecular weight excluding hydrogens is 285 g/mol. The van der Waals surface area contributed by atoms with E-state index in [4.69, 9.17) is 5.26 Å². The summed E-state index contributed by atoms with van der Waals surface area (Å²) in [5, 5.41) is 11.0. The molecule has 1 aromatic rings. The Morgan fingerprint density at radius 3 is 2.29 bits per heavy atom. The summed E-state index contributed by atoms with van der Waals surface area (Å²) >= 11 is 0. The van der Waals surface area contributed by atoms with Crippen LogP contribution in [0.2, 0.25) is 0 Å². The van der Waals surface area contributed by atoms with E-state index in [1.807, 2.05) is 0 Å². The molecule has 0 fully saturated rings. The van der Waals surface area contributed by atoms with Crippen LogP contribution in [0, 0.1) is 17.2 Å². The Morgan fingerprint density at radius 2 is 1.86 bits per heavy atom. The van der Waals surface area contributed by atoms with E-state index in [-0.39, 0.29) is 5.69 Å². The Labute approximate surface area is 118 Å². The van der Waals surface area contributed by atoms with Crippen LogP contribution in [-0.4, -0.2) is 11.7 Å². The number of nitrogens with one attached hydrogen (secondary N) is 1. The Hall–Kier alpha value is -2.62. The molecule has 0 heterocycles. The standard InChI is InChI=1S/C14H11F3N2O2/c1-2-3-12(20)11(8-18)13(21)19-10-6-4-9(5-7-10)14(15,16)17/h2-7,11H,1H3,(H,19,21)/b3-2+. The van der Waals surface area contributed by atoms with Crippen molar-refractivity contribution in [2.45, 2.75) is 13.1 Å². The number of carbonyl (C=O) groups excluding carboxylic acids is 2. The zero-order chi connectivity index (χ0) is 16.0. The number of hydrogen-bond donors (Lipinski definition) is 1. The molecule has 1 rings (SSSR count). The third-order valence-corrected chi connectivity index (χ3v) is 2.49. The highest BCUT2D eigenvalue weighted by atomic mass is 19.4. The maximum atomic E-state index is 12.4. The molecule has 0 bridgehead atoms. The first-order valence-electron chi connectivity index (χ1n) is 5.84. The number of carbonyl (C=O) groups is 2. The van der Waals surface area contributed by atoms with E-state index in [0.717, 1.165) is 30.3 Å². The number of nitriles is 1. The molecule has 1 amide bonds. The second kappa shape index (κ2) is 6.70. The highest BCUT2D eigenvalue weighted by Crippen LogP contribution is 2.29. The van der Waals surface area contributed by atoms with Crippen molar-refractivity contribution >= 4 is 17.4 Å². The van der Waals surface area contributed by atoms with E-state index >= 15 is 0 Å². The van der Waals surface area contributed by atoms with E-state index in [2.05, 4.69) is 5.32 Å². The minimum atomic E-state index is -4.47. The zero-order valence-corrected chi connectivity index (χ0v) is 10.9. The van der Waals surface area contributed by atoms with Gasteiger partial charge in [0, 0.05) is 5.69 Å². The van der Waals surface area contributed by atoms with Crippen LogP contribution in [0.15, 0.2) is 36.4 Å². The first kappa shape index (κ1) is 16.4. The van der Waals surface area contributed by atoms with Gasteiger partial charge in [0.1, 0.15) is 0 Å².